The van der Waals surface area contributed by atoms with Crippen LogP contribution in [0.2, 0.25) is 0 Å². The number of halogens is 1. The van der Waals surface area contributed by atoms with Crippen molar-refractivity contribution in [1.82, 2.24) is 10.2 Å². The second-order valence-electron chi connectivity index (χ2n) is 6.16. The fraction of sp³-hybridized carbons (Fsp3) is 0.647. The van der Waals surface area contributed by atoms with E-state index in [4.69, 9.17) is 4.74 Å². The van der Waals surface area contributed by atoms with E-state index in [0.717, 1.165) is 37.8 Å². The average molecular weight is 353 g/mol. The molecule has 1 fully saturated rings. The minimum absolute atomic E-state index is 0.828. The van der Waals surface area contributed by atoms with Crippen molar-refractivity contribution in [1.29, 1.82) is 0 Å². The second kappa shape index (κ2) is 7.12. The summed E-state index contributed by atoms with van der Waals surface area (Å²) < 4.78 is 6.95. The average Bonchev–Trinajstić information content (AvgIpc) is 2.96. The van der Waals surface area contributed by atoms with Crippen LogP contribution >= 0.6 is 15.9 Å². The van der Waals surface area contributed by atoms with Gasteiger partial charge in [-0.25, -0.2) is 0 Å². The van der Waals surface area contributed by atoms with Gasteiger partial charge in [-0.3, -0.25) is 0 Å². The van der Waals surface area contributed by atoms with Crippen LogP contribution in [-0.2, 0) is 13.0 Å². The SMILES string of the molecule is CCN1CCC(CNCc2cc(Br)cc3c2OCC3)CC1. The van der Waals surface area contributed by atoms with E-state index in [1.165, 1.54) is 48.1 Å². The van der Waals surface area contributed by atoms with Gasteiger partial charge in [0.05, 0.1) is 6.61 Å². The predicted molar refractivity (Wildman–Crippen MR) is 89.9 cm³/mol. The molecule has 1 aromatic rings. The van der Waals surface area contributed by atoms with Gasteiger partial charge in [-0.15, -0.1) is 0 Å². The summed E-state index contributed by atoms with van der Waals surface area (Å²) in [5.41, 5.74) is 2.64. The molecule has 0 saturated carbocycles. The zero-order valence-electron chi connectivity index (χ0n) is 12.8. The number of likely N-dealkylation sites (tertiary alicyclic amines) is 1. The number of nitrogens with one attached hydrogen (secondary N) is 1. The number of nitrogens with zero attached hydrogens (tertiary/aromatic N) is 1. The second-order valence-corrected chi connectivity index (χ2v) is 7.08. The molecule has 0 unspecified atom stereocenters. The van der Waals surface area contributed by atoms with Gasteiger partial charge in [0.2, 0.25) is 0 Å². The van der Waals surface area contributed by atoms with Crippen molar-refractivity contribution in [3.63, 3.8) is 0 Å². The van der Waals surface area contributed by atoms with Crippen molar-refractivity contribution in [3.05, 3.63) is 27.7 Å². The van der Waals surface area contributed by atoms with Gasteiger partial charge in [0.15, 0.2) is 0 Å². The molecule has 2 aliphatic heterocycles. The minimum atomic E-state index is 0.828. The number of ether oxygens (including phenoxy) is 1. The maximum absolute atomic E-state index is 5.79. The Morgan fingerprint density at radius 1 is 1.33 bits per heavy atom. The molecule has 0 radical (unpaired) electrons. The van der Waals surface area contributed by atoms with Gasteiger partial charge in [0, 0.05) is 23.0 Å². The molecular formula is C17H25BrN2O. The lowest BCUT2D eigenvalue weighted by Gasteiger charge is -2.31. The van der Waals surface area contributed by atoms with E-state index < -0.39 is 0 Å². The fourth-order valence-corrected chi connectivity index (χ4v) is 3.95. The lowest BCUT2D eigenvalue weighted by atomic mass is 9.96. The number of piperidine rings is 1. The normalized spacial score (nSPS) is 19.5. The van der Waals surface area contributed by atoms with Crippen molar-refractivity contribution in [2.45, 2.75) is 32.7 Å². The molecule has 3 nitrogen and oxygen atoms in total. The smallest absolute Gasteiger partial charge is 0.127 e. The van der Waals surface area contributed by atoms with E-state index in [9.17, 15) is 0 Å². The van der Waals surface area contributed by atoms with Crippen molar-refractivity contribution in [2.75, 3.05) is 32.8 Å². The Morgan fingerprint density at radius 3 is 2.90 bits per heavy atom. The molecule has 0 aliphatic carbocycles. The molecule has 1 aromatic carbocycles. The summed E-state index contributed by atoms with van der Waals surface area (Å²) >= 11 is 3.61. The predicted octanol–water partition coefficient (Wildman–Crippen LogP) is 3.21. The molecule has 0 atom stereocenters. The Bertz CT molecular complexity index is 484. The summed E-state index contributed by atoms with van der Waals surface area (Å²) in [4.78, 5) is 2.55. The largest absolute Gasteiger partial charge is 0.493 e. The summed E-state index contributed by atoms with van der Waals surface area (Å²) in [7, 11) is 0. The van der Waals surface area contributed by atoms with Crippen LogP contribution in [0.5, 0.6) is 5.75 Å². The maximum atomic E-state index is 5.79. The Morgan fingerprint density at radius 2 is 2.14 bits per heavy atom. The van der Waals surface area contributed by atoms with Crippen LogP contribution in [0.3, 0.4) is 0 Å². The van der Waals surface area contributed by atoms with Gasteiger partial charge in [-0.2, -0.15) is 0 Å². The molecule has 0 spiro atoms. The summed E-state index contributed by atoms with van der Waals surface area (Å²) in [6.45, 7) is 8.84. The quantitative estimate of drug-likeness (QED) is 0.880. The first-order valence-electron chi connectivity index (χ1n) is 8.13. The van der Waals surface area contributed by atoms with Crippen LogP contribution in [0, 0.1) is 5.92 Å². The van der Waals surface area contributed by atoms with Crippen molar-refractivity contribution in [3.8, 4) is 5.75 Å². The lowest BCUT2D eigenvalue weighted by molar-refractivity contribution is 0.190. The minimum Gasteiger partial charge on any atom is -0.493 e. The Hall–Kier alpha value is -0.580. The highest BCUT2D eigenvalue weighted by atomic mass is 79.9. The topological polar surface area (TPSA) is 24.5 Å². The first-order valence-corrected chi connectivity index (χ1v) is 8.92. The van der Waals surface area contributed by atoms with Gasteiger partial charge < -0.3 is 15.0 Å². The van der Waals surface area contributed by atoms with E-state index in [-0.39, 0.29) is 0 Å². The van der Waals surface area contributed by atoms with Crippen molar-refractivity contribution in [2.24, 2.45) is 5.92 Å². The van der Waals surface area contributed by atoms with Crippen molar-refractivity contribution < 1.29 is 4.74 Å². The zero-order valence-corrected chi connectivity index (χ0v) is 14.4. The Labute approximate surface area is 136 Å². The number of hydrogen-bond acceptors (Lipinski definition) is 3. The van der Waals surface area contributed by atoms with Gasteiger partial charge in [0.25, 0.3) is 0 Å². The Balaban J connectivity index is 1.50. The van der Waals surface area contributed by atoms with Gasteiger partial charge in [0.1, 0.15) is 5.75 Å². The third-order valence-corrected chi connectivity index (χ3v) is 5.19. The van der Waals surface area contributed by atoms with Crippen LogP contribution in [0.1, 0.15) is 30.9 Å². The molecule has 1 N–H and O–H groups in total. The van der Waals surface area contributed by atoms with Crippen molar-refractivity contribution >= 4 is 15.9 Å². The molecule has 2 heterocycles. The highest BCUT2D eigenvalue weighted by molar-refractivity contribution is 9.10. The number of hydrogen-bond donors (Lipinski definition) is 1. The van der Waals surface area contributed by atoms with Crippen LogP contribution in [0.15, 0.2) is 16.6 Å². The number of fused-ring (bicyclic) bond motifs is 1. The van der Waals surface area contributed by atoms with Gasteiger partial charge in [-0.1, -0.05) is 22.9 Å². The summed E-state index contributed by atoms with van der Waals surface area (Å²) in [6.07, 6.45) is 3.69. The summed E-state index contributed by atoms with van der Waals surface area (Å²) in [5.74, 6) is 1.94. The van der Waals surface area contributed by atoms with Crippen LogP contribution < -0.4 is 10.1 Å². The number of rotatable bonds is 5. The molecule has 2 aliphatic rings. The van der Waals surface area contributed by atoms with E-state index in [0.29, 0.717) is 0 Å². The first kappa shape index (κ1) is 15.3. The Kier molecular flexibility index (Phi) is 5.19. The summed E-state index contributed by atoms with van der Waals surface area (Å²) in [5, 5.41) is 3.64. The molecule has 21 heavy (non-hydrogen) atoms. The third-order valence-electron chi connectivity index (χ3n) is 4.73. The molecule has 0 bridgehead atoms. The molecule has 3 rings (SSSR count). The fourth-order valence-electron chi connectivity index (χ4n) is 3.40. The van der Waals surface area contributed by atoms with Gasteiger partial charge in [-0.05, 0) is 62.6 Å². The van der Waals surface area contributed by atoms with Gasteiger partial charge >= 0.3 is 0 Å². The van der Waals surface area contributed by atoms with E-state index in [1.54, 1.807) is 0 Å². The highest BCUT2D eigenvalue weighted by Gasteiger charge is 2.19. The van der Waals surface area contributed by atoms with E-state index in [2.05, 4.69) is 45.2 Å². The first-order chi connectivity index (χ1) is 10.3. The van der Waals surface area contributed by atoms with E-state index >= 15 is 0 Å². The standard InChI is InChI=1S/C17H25BrN2O/c1-2-20-6-3-13(4-7-20)11-19-12-15-10-16(18)9-14-5-8-21-17(14)15/h9-10,13,19H,2-8,11-12H2,1H3. The molecule has 1 saturated heterocycles. The van der Waals surface area contributed by atoms with E-state index in [1.807, 2.05) is 0 Å². The van der Waals surface area contributed by atoms with Crippen LogP contribution in [-0.4, -0.2) is 37.7 Å². The highest BCUT2D eigenvalue weighted by Crippen LogP contribution is 2.32. The zero-order chi connectivity index (χ0) is 14.7. The molecule has 0 amide bonds. The molecular weight excluding hydrogens is 328 g/mol. The summed E-state index contributed by atoms with van der Waals surface area (Å²) in [6, 6.07) is 4.38. The third kappa shape index (κ3) is 3.79. The lowest BCUT2D eigenvalue weighted by Crippen LogP contribution is -2.36. The van der Waals surface area contributed by atoms with Crippen LogP contribution in [0.25, 0.3) is 0 Å². The molecule has 116 valence electrons. The monoisotopic (exact) mass is 352 g/mol. The van der Waals surface area contributed by atoms with Crippen LogP contribution in [0.4, 0.5) is 0 Å². The maximum Gasteiger partial charge on any atom is 0.127 e. The number of benzene rings is 1. The molecule has 4 heteroatoms. The molecule has 0 aromatic heterocycles.